The standard InChI is InChI=1S/C12H12N2O3S2/c1-9-2-4-10(5-3-9)19(16,17)8-11(15)14-12-13-6-7-18-12/h2-7H,8H2,1H3,(H,13,14,15). The highest BCUT2D eigenvalue weighted by atomic mass is 32.2. The second-order valence-corrected chi connectivity index (χ2v) is 6.84. The Kier molecular flexibility index (Phi) is 3.96. The Labute approximate surface area is 115 Å². The molecule has 0 radical (unpaired) electrons. The lowest BCUT2D eigenvalue weighted by Crippen LogP contribution is -2.22. The van der Waals surface area contributed by atoms with E-state index >= 15 is 0 Å². The molecule has 2 rings (SSSR count). The van der Waals surface area contributed by atoms with Gasteiger partial charge in [-0.05, 0) is 19.1 Å². The molecule has 0 saturated heterocycles. The summed E-state index contributed by atoms with van der Waals surface area (Å²) in [6.45, 7) is 1.87. The van der Waals surface area contributed by atoms with Crippen LogP contribution in [0.2, 0.25) is 0 Å². The van der Waals surface area contributed by atoms with Crippen LogP contribution >= 0.6 is 11.3 Å². The Morgan fingerprint density at radius 3 is 2.58 bits per heavy atom. The Bertz CT molecular complexity index is 662. The van der Waals surface area contributed by atoms with Crippen LogP contribution in [-0.4, -0.2) is 25.1 Å². The predicted octanol–water partition coefficient (Wildman–Crippen LogP) is 1.86. The van der Waals surface area contributed by atoms with Crippen LogP contribution < -0.4 is 5.32 Å². The molecule has 1 N–H and O–H groups in total. The topological polar surface area (TPSA) is 76.1 Å². The van der Waals surface area contributed by atoms with Gasteiger partial charge >= 0.3 is 0 Å². The van der Waals surface area contributed by atoms with Crippen LogP contribution in [0.1, 0.15) is 5.56 Å². The van der Waals surface area contributed by atoms with Crippen molar-refractivity contribution in [3.05, 3.63) is 41.4 Å². The number of anilines is 1. The SMILES string of the molecule is Cc1ccc(S(=O)(=O)CC(=O)Nc2nccs2)cc1. The van der Waals surface area contributed by atoms with Gasteiger partial charge in [-0.2, -0.15) is 0 Å². The van der Waals surface area contributed by atoms with Crippen LogP contribution in [0.4, 0.5) is 5.13 Å². The molecular formula is C12H12N2O3S2. The van der Waals surface area contributed by atoms with E-state index in [4.69, 9.17) is 0 Å². The molecule has 5 nitrogen and oxygen atoms in total. The van der Waals surface area contributed by atoms with Gasteiger partial charge in [0.15, 0.2) is 15.0 Å². The van der Waals surface area contributed by atoms with E-state index in [-0.39, 0.29) is 4.90 Å². The van der Waals surface area contributed by atoms with E-state index in [1.165, 1.54) is 29.7 Å². The van der Waals surface area contributed by atoms with Crippen LogP contribution in [0.15, 0.2) is 40.7 Å². The van der Waals surface area contributed by atoms with E-state index in [1.54, 1.807) is 17.5 Å². The van der Waals surface area contributed by atoms with E-state index in [2.05, 4.69) is 10.3 Å². The molecule has 100 valence electrons. The van der Waals surface area contributed by atoms with Crippen molar-refractivity contribution in [3.63, 3.8) is 0 Å². The number of aromatic nitrogens is 1. The van der Waals surface area contributed by atoms with E-state index in [0.29, 0.717) is 5.13 Å². The second-order valence-electron chi connectivity index (χ2n) is 3.96. The third-order valence-electron chi connectivity index (χ3n) is 2.38. The van der Waals surface area contributed by atoms with Crippen LogP contribution in [0, 0.1) is 6.92 Å². The van der Waals surface area contributed by atoms with Crippen LogP contribution in [0.25, 0.3) is 0 Å². The maximum atomic E-state index is 12.0. The number of rotatable bonds is 4. The van der Waals surface area contributed by atoms with Gasteiger partial charge in [0.1, 0.15) is 5.75 Å². The molecule has 0 bridgehead atoms. The number of amides is 1. The van der Waals surface area contributed by atoms with Gasteiger partial charge in [-0.3, -0.25) is 4.79 Å². The fraction of sp³-hybridized carbons (Fsp3) is 0.167. The first kappa shape index (κ1) is 13.7. The molecule has 0 spiro atoms. The van der Waals surface area contributed by atoms with Crippen molar-refractivity contribution in [2.24, 2.45) is 0 Å². The molecule has 1 heterocycles. The van der Waals surface area contributed by atoms with Gasteiger partial charge in [-0.15, -0.1) is 11.3 Å². The quantitative estimate of drug-likeness (QED) is 0.934. The van der Waals surface area contributed by atoms with Gasteiger partial charge < -0.3 is 5.32 Å². The first-order valence-corrected chi connectivity index (χ1v) is 7.99. The van der Waals surface area contributed by atoms with Gasteiger partial charge in [0.25, 0.3) is 0 Å². The lowest BCUT2D eigenvalue weighted by atomic mass is 10.2. The molecule has 19 heavy (non-hydrogen) atoms. The van der Waals surface area contributed by atoms with Gasteiger partial charge in [-0.25, -0.2) is 13.4 Å². The fourth-order valence-corrected chi connectivity index (χ4v) is 3.12. The van der Waals surface area contributed by atoms with Gasteiger partial charge in [0.2, 0.25) is 5.91 Å². The lowest BCUT2D eigenvalue weighted by Gasteiger charge is -2.04. The molecule has 1 amide bonds. The highest BCUT2D eigenvalue weighted by molar-refractivity contribution is 7.92. The maximum absolute atomic E-state index is 12.0. The average molecular weight is 296 g/mol. The van der Waals surface area contributed by atoms with E-state index < -0.39 is 21.5 Å². The normalized spacial score (nSPS) is 11.2. The number of aryl methyl sites for hydroxylation is 1. The summed E-state index contributed by atoms with van der Waals surface area (Å²) in [6.07, 6.45) is 1.54. The van der Waals surface area contributed by atoms with Gasteiger partial charge in [-0.1, -0.05) is 17.7 Å². The summed E-state index contributed by atoms with van der Waals surface area (Å²) in [5, 5.41) is 4.54. The molecule has 0 aliphatic rings. The number of benzene rings is 1. The number of hydrogen-bond donors (Lipinski definition) is 1. The van der Waals surface area contributed by atoms with Crippen molar-refractivity contribution in [3.8, 4) is 0 Å². The molecule has 0 fully saturated rings. The lowest BCUT2D eigenvalue weighted by molar-refractivity contribution is -0.113. The number of carbonyl (C=O) groups is 1. The fourth-order valence-electron chi connectivity index (χ4n) is 1.44. The van der Waals surface area contributed by atoms with Crippen LogP contribution in [0.3, 0.4) is 0 Å². The smallest absolute Gasteiger partial charge is 0.241 e. The maximum Gasteiger partial charge on any atom is 0.241 e. The van der Waals surface area contributed by atoms with Gasteiger partial charge in [0.05, 0.1) is 4.90 Å². The number of carbonyl (C=O) groups excluding carboxylic acids is 1. The second kappa shape index (κ2) is 5.50. The number of nitrogens with one attached hydrogen (secondary N) is 1. The summed E-state index contributed by atoms with van der Waals surface area (Å²) in [5.41, 5.74) is 0.964. The molecular weight excluding hydrogens is 284 g/mol. The van der Waals surface area contributed by atoms with Gasteiger partial charge in [0, 0.05) is 11.6 Å². The molecule has 0 atom stereocenters. The zero-order chi connectivity index (χ0) is 13.9. The zero-order valence-corrected chi connectivity index (χ0v) is 11.8. The highest BCUT2D eigenvalue weighted by Gasteiger charge is 2.19. The summed E-state index contributed by atoms with van der Waals surface area (Å²) in [4.78, 5) is 15.7. The summed E-state index contributed by atoms with van der Waals surface area (Å²) < 4.78 is 24.0. The van der Waals surface area contributed by atoms with E-state index in [0.717, 1.165) is 5.56 Å². The largest absolute Gasteiger partial charge is 0.301 e. The molecule has 0 aliphatic heterocycles. The van der Waals surface area contributed by atoms with Crippen molar-refractivity contribution in [2.75, 3.05) is 11.1 Å². The zero-order valence-electron chi connectivity index (χ0n) is 10.2. The van der Waals surface area contributed by atoms with Crippen molar-refractivity contribution in [2.45, 2.75) is 11.8 Å². The Balaban J connectivity index is 2.09. The van der Waals surface area contributed by atoms with Crippen LogP contribution in [-0.2, 0) is 14.6 Å². The number of nitrogens with zero attached hydrogens (tertiary/aromatic N) is 1. The Morgan fingerprint density at radius 2 is 2.00 bits per heavy atom. The molecule has 0 saturated carbocycles. The number of sulfone groups is 1. The third-order valence-corrected chi connectivity index (χ3v) is 4.70. The van der Waals surface area contributed by atoms with E-state index in [1.807, 2.05) is 6.92 Å². The van der Waals surface area contributed by atoms with Crippen molar-refractivity contribution >= 4 is 32.2 Å². The minimum absolute atomic E-state index is 0.146. The van der Waals surface area contributed by atoms with Crippen molar-refractivity contribution < 1.29 is 13.2 Å². The minimum atomic E-state index is -3.61. The predicted molar refractivity (Wildman–Crippen MR) is 74.0 cm³/mol. The summed E-state index contributed by atoms with van der Waals surface area (Å²) in [7, 11) is -3.61. The first-order valence-electron chi connectivity index (χ1n) is 5.46. The molecule has 0 aliphatic carbocycles. The Hall–Kier alpha value is -1.73. The van der Waals surface area contributed by atoms with E-state index in [9.17, 15) is 13.2 Å². The first-order chi connectivity index (χ1) is 8.97. The molecule has 7 heteroatoms. The highest BCUT2D eigenvalue weighted by Crippen LogP contribution is 2.14. The molecule has 1 aromatic carbocycles. The van der Waals surface area contributed by atoms with Crippen LogP contribution in [0.5, 0.6) is 0 Å². The molecule has 1 aromatic heterocycles. The summed E-state index contributed by atoms with van der Waals surface area (Å²) in [6, 6.07) is 6.40. The molecule has 2 aromatic rings. The Morgan fingerprint density at radius 1 is 1.32 bits per heavy atom. The monoisotopic (exact) mass is 296 g/mol. The number of thiazole rings is 1. The third kappa shape index (κ3) is 3.62. The summed E-state index contributed by atoms with van der Waals surface area (Å²) in [5.74, 6) is -1.18. The average Bonchev–Trinajstić information content (AvgIpc) is 2.81. The summed E-state index contributed by atoms with van der Waals surface area (Å²) >= 11 is 1.24. The van der Waals surface area contributed by atoms with Crippen molar-refractivity contribution in [1.29, 1.82) is 0 Å². The van der Waals surface area contributed by atoms with Crippen molar-refractivity contribution in [1.82, 2.24) is 4.98 Å². The molecule has 0 unspecified atom stereocenters. The minimum Gasteiger partial charge on any atom is -0.301 e. The number of hydrogen-bond acceptors (Lipinski definition) is 5.